The van der Waals surface area contributed by atoms with Crippen LogP contribution in [-0.4, -0.2) is 16.3 Å². The van der Waals surface area contributed by atoms with Crippen LogP contribution < -0.4 is 10.9 Å². The molecular formula is C13H16BrN3O. The van der Waals surface area contributed by atoms with Gasteiger partial charge in [0.2, 0.25) is 0 Å². The summed E-state index contributed by atoms with van der Waals surface area (Å²) in [7, 11) is 0. The first kappa shape index (κ1) is 14.5. The topological polar surface area (TPSA) is 46.9 Å². The normalized spacial score (nSPS) is 9.78. The number of nitrogens with zero attached hydrogens (tertiary/aromatic N) is 2. The fourth-order valence-electron chi connectivity index (χ4n) is 1.42. The largest absolute Gasteiger partial charge is 0.383 e. The molecule has 1 aromatic heterocycles. The Kier molecular flexibility index (Phi) is 6.23. The number of anilines is 1. The molecule has 4 nitrogen and oxygen atoms in total. The molecule has 0 aromatic carbocycles. The van der Waals surface area contributed by atoms with Gasteiger partial charge in [0.05, 0.1) is 18.4 Å². The number of unbranched alkanes of at least 4 members (excludes halogenated alkanes) is 2. The van der Waals surface area contributed by atoms with Gasteiger partial charge in [-0.15, -0.1) is 18.9 Å². The Bertz CT molecular complexity index is 502. The highest BCUT2D eigenvalue weighted by atomic mass is 79.9. The number of halogens is 1. The summed E-state index contributed by atoms with van der Waals surface area (Å²) in [4.78, 5) is 11.9. The molecule has 0 fully saturated rings. The van der Waals surface area contributed by atoms with Crippen LogP contribution in [0.2, 0.25) is 0 Å². The lowest BCUT2D eigenvalue weighted by atomic mass is 10.2. The summed E-state index contributed by atoms with van der Waals surface area (Å²) in [5.74, 6) is 2.60. The molecule has 0 atom stereocenters. The van der Waals surface area contributed by atoms with Crippen LogP contribution in [0.15, 0.2) is 28.1 Å². The Morgan fingerprint density at radius 3 is 3.06 bits per heavy atom. The maximum Gasteiger partial charge on any atom is 0.283 e. The molecule has 0 bridgehead atoms. The molecule has 96 valence electrons. The van der Waals surface area contributed by atoms with Crippen LogP contribution >= 0.6 is 15.9 Å². The van der Waals surface area contributed by atoms with E-state index in [1.54, 1.807) is 12.3 Å². The van der Waals surface area contributed by atoms with Crippen molar-refractivity contribution < 1.29 is 0 Å². The standard InChI is InChI=1S/C13H16BrN3O/c1-3-5-6-7-8-15-11-10-16-17(9-4-2)13(18)12(11)14/h1,4,10,15H,2,5-9H2. The summed E-state index contributed by atoms with van der Waals surface area (Å²) in [6.07, 6.45) is 11.2. The van der Waals surface area contributed by atoms with Crippen LogP contribution in [-0.2, 0) is 6.54 Å². The second-order valence-electron chi connectivity index (χ2n) is 3.74. The summed E-state index contributed by atoms with van der Waals surface area (Å²) in [6.45, 7) is 4.75. The summed E-state index contributed by atoms with van der Waals surface area (Å²) >= 11 is 3.28. The molecule has 0 saturated heterocycles. The highest BCUT2D eigenvalue weighted by Gasteiger charge is 2.07. The Hall–Kier alpha value is -1.54. The zero-order valence-corrected chi connectivity index (χ0v) is 11.7. The summed E-state index contributed by atoms with van der Waals surface area (Å²) in [6, 6.07) is 0. The molecule has 0 spiro atoms. The monoisotopic (exact) mass is 309 g/mol. The van der Waals surface area contributed by atoms with Gasteiger partial charge in [0.25, 0.3) is 5.56 Å². The average molecular weight is 310 g/mol. The van der Waals surface area contributed by atoms with Gasteiger partial charge in [-0.1, -0.05) is 6.08 Å². The van der Waals surface area contributed by atoms with Gasteiger partial charge in [-0.2, -0.15) is 5.10 Å². The molecule has 1 N–H and O–H groups in total. The molecule has 0 aliphatic carbocycles. The second kappa shape index (κ2) is 7.72. The molecule has 0 saturated carbocycles. The number of hydrogen-bond acceptors (Lipinski definition) is 3. The first-order valence-electron chi connectivity index (χ1n) is 5.74. The van der Waals surface area contributed by atoms with Gasteiger partial charge in [0, 0.05) is 13.0 Å². The van der Waals surface area contributed by atoms with Crippen molar-refractivity contribution in [2.75, 3.05) is 11.9 Å². The van der Waals surface area contributed by atoms with Gasteiger partial charge < -0.3 is 5.32 Å². The van der Waals surface area contributed by atoms with E-state index in [-0.39, 0.29) is 5.56 Å². The molecule has 18 heavy (non-hydrogen) atoms. The van der Waals surface area contributed by atoms with Crippen molar-refractivity contribution in [2.24, 2.45) is 0 Å². The van der Waals surface area contributed by atoms with Crippen molar-refractivity contribution in [1.29, 1.82) is 0 Å². The SMILES string of the molecule is C#CCCCCNc1cnn(CC=C)c(=O)c1Br. The minimum atomic E-state index is -0.163. The van der Waals surface area contributed by atoms with E-state index >= 15 is 0 Å². The lowest BCUT2D eigenvalue weighted by Gasteiger charge is -2.09. The van der Waals surface area contributed by atoms with Crippen molar-refractivity contribution >= 4 is 21.6 Å². The summed E-state index contributed by atoms with van der Waals surface area (Å²) in [5, 5.41) is 7.22. The van der Waals surface area contributed by atoms with Crippen LogP contribution in [0.5, 0.6) is 0 Å². The molecule has 1 heterocycles. The number of rotatable bonds is 7. The van der Waals surface area contributed by atoms with Crippen LogP contribution in [0.4, 0.5) is 5.69 Å². The van der Waals surface area contributed by atoms with E-state index in [0.29, 0.717) is 16.7 Å². The molecule has 5 heteroatoms. The van der Waals surface area contributed by atoms with Gasteiger partial charge in [-0.25, -0.2) is 4.68 Å². The third-order valence-corrected chi connectivity index (χ3v) is 3.12. The van der Waals surface area contributed by atoms with Crippen molar-refractivity contribution in [1.82, 2.24) is 9.78 Å². The number of nitrogens with one attached hydrogen (secondary N) is 1. The van der Waals surface area contributed by atoms with Crippen molar-refractivity contribution in [3.63, 3.8) is 0 Å². The number of allylic oxidation sites excluding steroid dienone is 1. The minimum absolute atomic E-state index is 0.163. The van der Waals surface area contributed by atoms with Crippen LogP contribution in [0, 0.1) is 12.3 Å². The Balaban J connectivity index is 2.62. The number of aromatic nitrogens is 2. The molecular weight excluding hydrogens is 294 g/mol. The van der Waals surface area contributed by atoms with Crippen molar-refractivity contribution in [3.8, 4) is 12.3 Å². The lowest BCUT2D eigenvalue weighted by Crippen LogP contribution is -2.24. The van der Waals surface area contributed by atoms with Gasteiger partial charge >= 0.3 is 0 Å². The highest BCUT2D eigenvalue weighted by molar-refractivity contribution is 9.10. The molecule has 0 aliphatic heterocycles. The van der Waals surface area contributed by atoms with E-state index in [1.165, 1.54) is 4.68 Å². The Labute approximate surface area is 115 Å². The van der Waals surface area contributed by atoms with Crippen LogP contribution in [0.1, 0.15) is 19.3 Å². The fraction of sp³-hybridized carbons (Fsp3) is 0.385. The van der Waals surface area contributed by atoms with Crippen molar-refractivity contribution in [3.05, 3.63) is 33.7 Å². The maximum absolute atomic E-state index is 11.9. The van der Waals surface area contributed by atoms with Gasteiger partial charge in [0.1, 0.15) is 4.47 Å². The van der Waals surface area contributed by atoms with E-state index in [2.05, 4.69) is 38.8 Å². The van der Waals surface area contributed by atoms with E-state index in [9.17, 15) is 4.79 Å². The predicted octanol–water partition coefficient (Wildman–Crippen LogP) is 2.41. The Morgan fingerprint density at radius 2 is 2.39 bits per heavy atom. The molecule has 0 amide bonds. The highest BCUT2D eigenvalue weighted by Crippen LogP contribution is 2.16. The average Bonchev–Trinajstić information content (AvgIpc) is 2.37. The summed E-state index contributed by atoms with van der Waals surface area (Å²) in [5.41, 5.74) is 0.546. The van der Waals surface area contributed by atoms with E-state index in [1.807, 2.05) is 0 Å². The van der Waals surface area contributed by atoms with E-state index in [4.69, 9.17) is 6.42 Å². The molecule has 1 rings (SSSR count). The van der Waals surface area contributed by atoms with Gasteiger partial charge in [-0.3, -0.25) is 4.79 Å². The van der Waals surface area contributed by atoms with Crippen LogP contribution in [0.3, 0.4) is 0 Å². The third-order valence-electron chi connectivity index (χ3n) is 2.35. The van der Waals surface area contributed by atoms with Gasteiger partial charge in [0.15, 0.2) is 0 Å². The number of hydrogen-bond donors (Lipinski definition) is 1. The zero-order chi connectivity index (χ0) is 13.4. The smallest absolute Gasteiger partial charge is 0.283 e. The molecule has 0 radical (unpaired) electrons. The quantitative estimate of drug-likeness (QED) is 0.478. The lowest BCUT2D eigenvalue weighted by molar-refractivity contribution is 0.648. The fourth-order valence-corrected chi connectivity index (χ4v) is 1.86. The van der Waals surface area contributed by atoms with Crippen LogP contribution in [0.25, 0.3) is 0 Å². The second-order valence-corrected chi connectivity index (χ2v) is 4.53. The molecule has 0 unspecified atom stereocenters. The van der Waals surface area contributed by atoms with E-state index in [0.717, 1.165) is 25.8 Å². The predicted molar refractivity (Wildman–Crippen MR) is 77.6 cm³/mol. The minimum Gasteiger partial charge on any atom is -0.383 e. The summed E-state index contributed by atoms with van der Waals surface area (Å²) < 4.78 is 1.84. The zero-order valence-electron chi connectivity index (χ0n) is 10.2. The first-order valence-corrected chi connectivity index (χ1v) is 6.54. The number of terminal acetylenes is 1. The third kappa shape index (κ3) is 4.04. The van der Waals surface area contributed by atoms with Crippen molar-refractivity contribution in [2.45, 2.75) is 25.8 Å². The maximum atomic E-state index is 11.9. The molecule has 1 aromatic rings. The van der Waals surface area contributed by atoms with E-state index < -0.39 is 0 Å². The first-order chi connectivity index (χ1) is 8.70. The van der Waals surface area contributed by atoms with Gasteiger partial charge in [-0.05, 0) is 28.8 Å². The Morgan fingerprint density at radius 1 is 1.61 bits per heavy atom. The molecule has 0 aliphatic rings.